The molecule has 21 heavy (non-hydrogen) atoms. The Morgan fingerprint density at radius 1 is 0.905 bits per heavy atom. The Labute approximate surface area is 139 Å². The van der Waals surface area contributed by atoms with E-state index in [1.165, 1.54) is 14.7 Å². The molecule has 2 aromatic rings. The molecule has 2 nitrogen and oxygen atoms in total. The number of nitrogens with zero attached hydrogens (tertiary/aromatic N) is 1. The summed E-state index contributed by atoms with van der Waals surface area (Å²) < 4.78 is 1.24. The second-order valence-electron chi connectivity index (χ2n) is 5.61. The van der Waals surface area contributed by atoms with Crippen LogP contribution in [0.2, 0.25) is 0 Å². The lowest BCUT2D eigenvalue weighted by Gasteiger charge is -2.23. The van der Waals surface area contributed by atoms with Gasteiger partial charge in [0.25, 0.3) is 0 Å². The highest BCUT2D eigenvalue weighted by molar-refractivity contribution is 14.1. The van der Waals surface area contributed by atoms with Crippen LogP contribution in [0.25, 0.3) is 11.1 Å². The first-order valence-corrected chi connectivity index (χ1v) is 8.34. The number of halogens is 1. The third kappa shape index (κ3) is 3.21. The summed E-state index contributed by atoms with van der Waals surface area (Å²) in [5.74, 6) is 0. The van der Waals surface area contributed by atoms with Crippen molar-refractivity contribution in [3.05, 3.63) is 52.1 Å². The summed E-state index contributed by atoms with van der Waals surface area (Å²) >= 11 is 2.31. The van der Waals surface area contributed by atoms with E-state index in [9.17, 15) is 5.26 Å². The number of rotatable bonds is 3. The molecular weight excluding hydrogens is 371 g/mol. The van der Waals surface area contributed by atoms with Gasteiger partial charge in [-0.3, -0.25) is 0 Å². The summed E-state index contributed by atoms with van der Waals surface area (Å²) in [6, 6.07) is 19.4. The molecule has 0 spiro atoms. The average Bonchev–Trinajstić information content (AvgIpc) is 2.98. The van der Waals surface area contributed by atoms with Gasteiger partial charge in [-0.05, 0) is 83.7 Å². The summed E-state index contributed by atoms with van der Waals surface area (Å²) in [7, 11) is 0. The van der Waals surface area contributed by atoms with Gasteiger partial charge in [0, 0.05) is 9.26 Å². The van der Waals surface area contributed by atoms with E-state index in [-0.39, 0.29) is 5.54 Å². The molecule has 3 rings (SSSR count). The molecule has 1 saturated carbocycles. The molecule has 0 aliphatic heterocycles. The van der Waals surface area contributed by atoms with E-state index in [0.29, 0.717) is 0 Å². The van der Waals surface area contributed by atoms with Gasteiger partial charge in [0.05, 0.1) is 6.07 Å². The molecule has 106 valence electrons. The minimum Gasteiger partial charge on any atom is -0.367 e. The molecule has 3 heteroatoms. The van der Waals surface area contributed by atoms with Crippen LogP contribution in [-0.2, 0) is 0 Å². The molecule has 0 saturated heterocycles. The van der Waals surface area contributed by atoms with E-state index in [2.05, 4.69) is 82.5 Å². The number of anilines is 1. The molecule has 1 aliphatic carbocycles. The van der Waals surface area contributed by atoms with Crippen LogP contribution in [0.4, 0.5) is 5.69 Å². The molecule has 0 bridgehead atoms. The van der Waals surface area contributed by atoms with E-state index < -0.39 is 0 Å². The third-order valence-electron chi connectivity index (χ3n) is 4.12. The Bertz CT molecular complexity index is 647. The van der Waals surface area contributed by atoms with Gasteiger partial charge in [-0.25, -0.2) is 0 Å². The van der Waals surface area contributed by atoms with E-state index in [1.54, 1.807) is 0 Å². The minimum atomic E-state index is -0.357. The number of nitrogens with one attached hydrogen (secondary N) is 1. The first-order chi connectivity index (χ1) is 10.2. The van der Waals surface area contributed by atoms with Gasteiger partial charge in [-0.1, -0.05) is 24.3 Å². The molecule has 0 heterocycles. The molecule has 0 radical (unpaired) electrons. The highest BCUT2D eigenvalue weighted by Crippen LogP contribution is 2.33. The Morgan fingerprint density at radius 2 is 1.43 bits per heavy atom. The van der Waals surface area contributed by atoms with E-state index >= 15 is 0 Å². The molecule has 1 aliphatic rings. The van der Waals surface area contributed by atoms with Gasteiger partial charge < -0.3 is 5.32 Å². The van der Waals surface area contributed by atoms with Crippen LogP contribution in [0.5, 0.6) is 0 Å². The van der Waals surface area contributed by atoms with Crippen molar-refractivity contribution in [3.8, 4) is 17.2 Å². The zero-order valence-electron chi connectivity index (χ0n) is 11.8. The molecule has 1 fully saturated rings. The number of hydrogen-bond donors (Lipinski definition) is 1. The Balaban J connectivity index is 1.78. The maximum absolute atomic E-state index is 9.42. The van der Waals surface area contributed by atoms with Gasteiger partial charge >= 0.3 is 0 Å². The number of benzene rings is 2. The lowest BCUT2D eigenvalue weighted by atomic mass is 9.99. The Hall–Kier alpha value is -1.54. The standard InChI is InChI=1S/C18H17IN2/c19-16-7-3-14(4-8-16)15-5-9-17(10-6-15)21-18(13-20)11-1-2-12-18/h3-10,21H,1-2,11-12H2. The zero-order valence-corrected chi connectivity index (χ0v) is 13.9. The Morgan fingerprint density at radius 3 is 1.95 bits per heavy atom. The number of hydrogen-bond acceptors (Lipinski definition) is 2. The summed E-state index contributed by atoms with van der Waals surface area (Å²) in [4.78, 5) is 0. The van der Waals surface area contributed by atoms with Crippen molar-refractivity contribution in [2.45, 2.75) is 31.2 Å². The average molecular weight is 388 g/mol. The van der Waals surface area contributed by atoms with Crippen LogP contribution < -0.4 is 5.32 Å². The van der Waals surface area contributed by atoms with Crippen LogP contribution >= 0.6 is 22.6 Å². The van der Waals surface area contributed by atoms with Gasteiger partial charge in [0.15, 0.2) is 0 Å². The summed E-state index contributed by atoms with van der Waals surface area (Å²) in [6.45, 7) is 0. The fourth-order valence-electron chi connectivity index (χ4n) is 2.91. The third-order valence-corrected chi connectivity index (χ3v) is 4.84. The predicted molar refractivity (Wildman–Crippen MR) is 95.0 cm³/mol. The van der Waals surface area contributed by atoms with Crippen molar-refractivity contribution >= 4 is 28.3 Å². The second kappa shape index (κ2) is 6.07. The maximum atomic E-state index is 9.42. The molecule has 0 aromatic heterocycles. The lowest BCUT2D eigenvalue weighted by Crippen LogP contribution is -2.32. The summed E-state index contributed by atoms with van der Waals surface area (Å²) in [6.07, 6.45) is 4.17. The fourth-order valence-corrected chi connectivity index (χ4v) is 3.27. The molecule has 0 amide bonds. The van der Waals surface area contributed by atoms with Crippen LogP contribution in [-0.4, -0.2) is 5.54 Å². The normalized spacial score (nSPS) is 16.4. The van der Waals surface area contributed by atoms with Gasteiger partial charge in [0.2, 0.25) is 0 Å². The quantitative estimate of drug-likeness (QED) is 0.733. The van der Waals surface area contributed by atoms with Gasteiger partial charge in [0.1, 0.15) is 5.54 Å². The second-order valence-corrected chi connectivity index (χ2v) is 6.86. The fraction of sp³-hybridized carbons (Fsp3) is 0.278. The highest BCUT2D eigenvalue weighted by Gasteiger charge is 2.33. The van der Waals surface area contributed by atoms with Crippen LogP contribution in [0.3, 0.4) is 0 Å². The molecule has 1 N–H and O–H groups in total. The number of nitriles is 1. The van der Waals surface area contributed by atoms with Crippen molar-refractivity contribution in [1.29, 1.82) is 5.26 Å². The minimum absolute atomic E-state index is 0.357. The van der Waals surface area contributed by atoms with E-state index in [0.717, 1.165) is 31.4 Å². The highest BCUT2D eigenvalue weighted by atomic mass is 127. The molecular formula is C18H17IN2. The predicted octanol–water partition coefficient (Wildman–Crippen LogP) is 5.21. The Kier molecular flexibility index (Phi) is 4.16. The van der Waals surface area contributed by atoms with Crippen molar-refractivity contribution in [3.63, 3.8) is 0 Å². The topological polar surface area (TPSA) is 35.8 Å². The van der Waals surface area contributed by atoms with E-state index in [1.807, 2.05) is 0 Å². The smallest absolute Gasteiger partial charge is 0.125 e. The SMILES string of the molecule is N#CC1(Nc2ccc(-c3ccc(I)cc3)cc2)CCCC1. The first kappa shape index (κ1) is 14.4. The van der Waals surface area contributed by atoms with Gasteiger partial charge in [-0.15, -0.1) is 0 Å². The summed E-state index contributed by atoms with van der Waals surface area (Å²) in [5.41, 5.74) is 3.10. The monoisotopic (exact) mass is 388 g/mol. The van der Waals surface area contributed by atoms with Crippen molar-refractivity contribution in [2.75, 3.05) is 5.32 Å². The lowest BCUT2D eigenvalue weighted by molar-refractivity contribution is 0.613. The van der Waals surface area contributed by atoms with Crippen molar-refractivity contribution in [1.82, 2.24) is 0 Å². The maximum Gasteiger partial charge on any atom is 0.125 e. The van der Waals surface area contributed by atoms with Crippen LogP contribution in [0.15, 0.2) is 48.5 Å². The first-order valence-electron chi connectivity index (χ1n) is 7.26. The zero-order chi connectivity index (χ0) is 14.7. The van der Waals surface area contributed by atoms with Crippen molar-refractivity contribution < 1.29 is 0 Å². The van der Waals surface area contributed by atoms with Crippen LogP contribution in [0, 0.1) is 14.9 Å². The van der Waals surface area contributed by atoms with Crippen LogP contribution in [0.1, 0.15) is 25.7 Å². The van der Waals surface area contributed by atoms with Gasteiger partial charge in [-0.2, -0.15) is 5.26 Å². The molecule has 0 atom stereocenters. The molecule has 0 unspecified atom stereocenters. The largest absolute Gasteiger partial charge is 0.367 e. The summed E-state index contributed by atoms with van der Waals surface area (Å²) in [5, 5.41) is 12.9. The van der Waals surface area contributed by atoms with E-state index in [4.69, 9.17) is 0 Å². The molecule has 2 aromatic carbocycles. The van der Waals surface area contributed by atoms with Crippen molar-refractivity contribution in [2.24, 2.45) is 0 Å².